The van der Waals surface area contributed by atoms with Crippen LogP contribution >= 0.6 is 0 Å². The van der Waals surface area contributed by atoms with Crippen LogP contribution in [0.15, 0.2) is 72.8 Å². The van der Waals surface area contributed by atoms with Crippen molar-refractivity contribution < 1.29 is 9.53 Å². The van der Waals surface area contributed by atoms with Crippen LogP contribution in [-0.4, -0.2) is 18.1 Å². The quantitative estimate of drug-likeness (QED) is 0.258. The Bertz CT molecular complexity index is 1170. The molecule has 34 heavy (non-hydrogen) atoms. The Morgan fingerprint density at radius 2 is 1.59 bits per heavy atom. The van der Waals surface area contributed by atoms with Gasteiger partial charge < -0.3 is 15.4 Å². The molecule has 0 spiro atoms. The number of hydrogen-bond acceptors (Lipinski definition) is 3. The predicted octanol–water partition coefficient (Wildman–Crippen LogP) is 6.39. The Labute approximate surface area is 202 Å². The molecule has 1 amide bonds. The summed E-state index contributed by atoms with van der Waals surface area (Å²) in [5, 5.41) is 0. The van der Waals surface area contributed by atoms with Crippen LogP contribution in [-0.2, 0) is 4.79 Å². The van der Waals surface area contributed by atoms with E-state index in [2.05, 4.69) is 0 Å². The van der Waals surface area contributed by atoms with Crippen LogP contribution in [0.2, 0.25) is 0 Å². The molecule has 0 bridgehead atoms. The molecule has 3 aromatic rings. The van der Waals surface area contributed by atoms with Crippen molar-refractivity contribution in [2.24, 2.45) is 0 Å². The van der Waals surface area contributed by atoms with Gasteiger partial charge in [-0.1, -0.05) is 48.5 Å². The first-order chi connectivity index (χ1) is 16.6. The van der Waals surface area contributed by atoms with Gasteiger partial charge in [0.2, 0.25) is 0 Å². The lowest BCUT2D eigenvalue weighted by atomic mass is 10.00. The average molecular weight is 451 g/mol. The molecule has 2 fully saturated rings. The molecule has 172 valence electrons. The molecule has 3 aromatic carbocycles. The average Bonchev–Trinajstić information content (AvgIpc) is 3.55. The summed E-state index contributed by atoms with van der Waals surface area (Å²) in [6.45, 7) is 5.88. The molecule has 0 atom stereocenters. The van der Waals surface area contributed by atoms with Gasteiger partial charge in [0, 0.05) is 11.6 Å². The van der Waals surface area contributed by atoms with E-state index in [1.54, 1.807) is 0 Å². The van der Waals surface area contributed by atoms with Gasteiger partial charge in [0.15, 0.2) is 0 Å². The standard InChI is InChI=1S/C30H30N2O2/c1-21-10-12-22(13-11-21)20-27(23-14-18-26(19-15-23)34-25-6-2-3-7-25)30(33)32(24-16-17-24)29-9-5-4-8-28(29)31/h1,4-5,8-15,18-20,24-25H,2-3,6-7,16-17,31H2. The number of carbonyl (C=O) groups excluding carboxylic acids is 1. The molecule has 2 radical (unpaired) electrons. The van der Waals surface area contributed by atoms with Crippen molar-refractivity contribution in [3.05, 3.63) is 96.4 Å². The number of anilines is 2. The molecule has 0 aliphatic heterocycles. The van der Waals surface area contributed by atoms with E-state index in [9.17, 15) is 4.79 Å². The van der Waals surface area contributed by atoms with Crippen molar-refractivity contribution in [2.75, 3.05) is 10.6 Å². The zero-order valence-electron chi connectivity index (χ0n) is 19.3. The van der Waals surface area contributed by atoms with Gasteiger partial charge in [0.1, 0.15) is 5.75 Å². The van der Waals surface area contributed by atoms with E-state index in [0.29, 0.717) is 22.9 Å². The van der Waals surface area contributed by atoms with E-state index in [4.69, 9.17) is 17.4 Å². The van der Waals surface area contributed by atoms with Gasteiger partial charge in [-0.05, 0) is 92.5 Å². The van der Waals surface area contributed by atoms with E-state index in [0.717, 1.165) is 48.2 Å². The van der Waals surface area contributed by atoms with Gasteiger partial charge in [-0.3, -0.25) is 4.79 Å². The molecule has 0 unspecified atom stereocenters. The maximum atomic E-state index is 14.1. The monoisotopic (exact) mass is 450 g/mol. The normalized spacial score (nSPS) is 16.4. The third kappa shape index (κ3) is 5.01. The molecular weight excluding hydrogens is 420 g/mol. The van der Waals surface area contributed by atoms with Gasteiger partial charge in [-0.25, -0.2) is 0 Å². The highest BCUT2D eigenvalue weighted by molar-refractivity contribution is 6.30. The van der Waals surface area contributed by atoms with Crippen molar-refractivity contribution in [3.8, 4) is 5.75 Å². The summed E-state index contributed by atoms with van der Waals surface area (Å²) in [5.74, 6) is 0.794. The number of ether oxygens (including phenoxy) is 1. The fourth-order valence-electron chi connectivity index (χ4n) is 4.58. The lowest BCUT2D eigenvalue weighted by molar-refractivity contribution is -0.113. The first kappa shape index (κ1) is 22.3. The molecule has 4 heteroatoms. The van der Waals surface area contributed by atoms with Crippen molar-refractivity contribution >= 4 is 28.9 Å². The minimum atomic E-state index is -0.0540. The van der Waals surface area contributed by atoms with Crippen LogP contribution in [0, 0.1) is 6.92 Å². The number of carbonyl (C=O) groups is 1. The highest BCUT2D eigenvalue weighted by Gasteiger charge is 2.36. The molecule has 2 N–H and O–H groups in total. The number of nitrogens with zero attached hydrogens (tertiary/aromatic N) is 1. The van der Waals surface area contributed by atoms with E-state index in [-0.39, 0.29) is 11.9 Å². The van der Waals surface area contributed by atoms with Crippen molar-refractivity contribution in [3.63, 3.8) is 0 Å². The SMILES string of the molecule is [CH]c1ccc(C=C(C(=O)N(c2ccccc2N)C2CC2)c2ccc(OC3CCCC3)cc2)cc1. The van der Waals surface area contributed by atoms with Gasteiger partial charge in [-0.15, -0.1) is 0 Å². The number of hydrogen-bond donors (Lipinski definition) is 1. The summed E-state index contributed by atoms with van der Waals surface area (Å²) in [6, 6.07) is 23.2. The zero-order chi connectivity index (χ0) is 23.5. The lowest BCUT2D eigenvalue weighted by Crippen LogP contribution is -2.34. The topological polar surface area (TPSA) is 55.6 Å². The Morgan fingerprint density at radius 1 is 0.912 bits per heavy atom. The van der Waals surface area contributed by atoms with Crippen LogP contribution < -0.4 is 15.4 Å². The number of amides is 1. The van der Waals surface area contributed by atoms with E-state index in [1.807, 2.05) is 83.8 Å². The number of rotatable bonds is 7. The predicted molar refractivity (Wildman–Crippen MR) is 138 cm³/mol. The highest BCUT2D eigenvalue weighted by Crippen LogP contribution is 2.38. The van der Waals surface area contributed by atoms with E-state index < -0.39 is 0 Å². The van der Waals surface area contributed by atoms with E-state index >= 15 is 0 Å². The molecule has 0 heterocycles. The second-order valence-electron chi connectivity index (χ2n) is 9.24. The first-order valence-corrected chi connectivity index (χ1v) is 12.1. The van der Waals surface area contributed by atoms with Gasteiger partial charge in [0.05, 0.1) is 17.5 Å². The maximum Gasteiger partial charge on any atom is 0.259 e. The van der Waals surface area contributed by atoms with Crippen LogP contribution in [0.3, 0.4) is 0 Å². The minimum Gasteiger partial charge on any atom is -0.490 e. The molecule has 2 aliphatic carbocycles. The number of nitrogen functional groups attached to an aromatic ring is 1. The first-order valence-electron chi connectivity index (χ1n) is 12.1. The second-order valence-corrected chi connectivity index (χ2v) is 9.24. The summed E-state index contributed by atoms with van der Waals surface area (Å²) < 4.78 is 6.14. The van der Waals surface area contributed by atoms with Crippen molar-refractivity contribution in [1.82, 2.24) is 0 Å². The fourth-order valence-corrected chi connectivity index (χ4v) is 4.58. The largest absolute Gasteiger partial charge is 0.490 e. The van der Waals surface area contributed by atoms with Crippen molar-refractivity contribution in [2.45, 2.75) is 50.7 Å². The second kappa shape index (κ2) is 9.76. The van der Waals surface area contributed by atoms with Crippen LogP contribution in [0.25, 0.3) is 11.6 Å². The Balaban J connectivity index is 1.51. The Hall–Kier alpha value is -3.53. The minimum absolute atomic E-state index is 0.0540. The Kier molecular flexibility index (Phi) is 6.39. The van der Waals surface area contributed by atoms with Crippen LogP contribution in [0.5, 0.6) is 5.75 Å². The molecule has 2 saturated carbocycles. The van der Waals surface area contributed by atoms with Crippen LogP contribution in [0.4, 0.5) is 11.4 Å². The molecule has 0 saturated heterocycles. The van der Waals surface area contributed by atoms with Gasteiger partial charge in [0.25, 0.3) is 5.91 Å². The molecular formula is C30H30N2O2. The van der Waals surface area contributed by atoms with Crippen LogP contribution in [0.1, 0.15) is 55.2 Å². The highest BCUT2D eigenvalue weighted by atomic mass is 16.5. The summed E-state index contributed by atoms with van der Waals surface area (Å²) in [7, 11) is 0. The van der Waals surface area contributed by atoms with Crippen molar-refractivity contribution in [1.29, 1.82) is 0 Å². The lowest BCUT2D eigenvalue weighted by Gasteiger charge is -2.25. The third-order valence-electron chi connectivity index (χ3n) is 6.58. The Morgan fingerprint density at radius 3 is 2.24 bits per heavy atom. The summed E-state index contributed by atoms with van der Waals surface area (Å²) in [5.41, 5.74) is 10.7. The molecule has 2 aliphatic rings. The van der Waals surface area contributed by atoms with Gasteiger partial charge in [-0.2, -0.15) is 0 Å². The fraction of sp³-hybridized carbons (Fsp3) is 0.267. The molecule has 4 nitrogen and oxygen atoms in total. The summed E-state index contributed by atoms with van der Waals surface area (Å²) in [6.07, 6.45) is 8.85. The molecule has 0 aromatic heterocycles. The third-order valence-corrected chi connectivity index (χ3v) is 6.58. The zero-order valence-corrected chi connectivity index (χ0v) is 19.3. The summed E-state index contributed by atoms with van der Waals surface area (Å²) >= 11 is 0. The maximum absolute atomic E-state index is 14.1. The number of para-hydroxylation sites is 2. The summed E-state index contributed by atoms with van der Waals surface area (Å²) in [4.78, 5) is 15.9. The molecule has 5 rings (SSSR count). The smallest absolute Gasteiger partial charge is 0.259 e. The number of benzene rings is 3. The van der Waals surface area contributed by atoms with Gasteiger partial charge >= 0.3 is 0 Å². The van der Waals surface area contributed by atoms with E-state index in [1.165, 1.54) is 12.8 Å². The number of nitrogens with two attached hydrogens (primary N) is 1.